The van der Waals surface area contributed by atoms with Crippen LogP contribution >= 0.6 is 11.8 Å². The van der Waals surface area contributed by atoms with Crippen LogP contribution in [0.2, 0.25) is 0 Å². The predicted octanol–water partition coefficient (Wildman–Crippen LogP) is 5.48. The number of aryl methyl sites for hydroxylation is 1. The molecule has 0 aliphatic heterocycles. The molecule has 166 valence electrons. The first-order chi connectivity index (χ1) is 15.5. The molecule has 2 heterocycles. The molecule has 0 radical (unpaired) electrons. The number of carbonyl (C=O) groups is 1. The fourth-order valence-electron chi connectivity index (χ4n) is 3.50. The van der Waals surface area contributed by atoms with E-state index in [-0.39, 0.29) is 22.8 Å². The third-order valence-electron chi connectivity index (χ3n) is 5.36. The van der Waals surface area contributed by atoms with Gasteiger partial charge in [-0.3, -0.25) is 14.2 Å². The van der Waals surface area contributed by atoms with Crippen LogP contribution in [0.4, 0.5) is 5.69 Å². The van der Waals surface area contributed by atoms with Crippen LogP contribution in [-0.4, -0.2) is 21.2 Å². The molecule has 2 aromatic carbocycles. The van der Waals surface area contributed by atoms with Crippen LogP contribution in [0.15, 0.2) is 62.9 Å². The molecule has 0 saturated carbocycles. The highest BCUT2D eigenvalue weighted by Crippen LogP contribution is 2.27. The maximum atomic E-state index is 13.2. The van der Waals surface area contributed by atoms with Gasteiger partial charge in [0.2, 0.25) is 11.5 Å². The van der Waals surface area contributed by atoms with Crippen LogP contribution in [0.25, 0.3) is 22.1 Å². The molecular formula is C25H27N3O3S. The number of hydrogen-bond acceptors (Lipinski definition) is 5. The maximum Gasteiger partial charge on any atom is 0.297 e. The Balaban J connectivity index is 1.61. The van der Waals surface area contributed by atoms with Gasteiger partial charge in [-0.05, 0) is 48.6 Å². The van der Waals surface area contributed by atoms with Gasteiger partial charge >= 0.3 is 0 Å². The first-order valence-corrected chi connectivity index (χ1v) is 11.9. The minimum atomic E-state index is -0.204. The Morgan fingerprint density at radius 3 is 2.62 bits per heavy atom. The summed E-state index contributed by atoms with van der Waals surface area (Å²) in [4.78, 5) is 30.6. The number of nitrogens with zero attached hydrogens (tertiary/aromatic N) is 2. The standard InChI is InChI=1S/C25H27N3O3S/c1-4-17-9-11-18(12-10-17)26-21(29)15-32-25-27-22-19-7-5-6-8-20(19)31-23(22)24(30)28(25)14-13-16(2)3/h5-12,16H,4,13-15H2,1-3H3,(H,26,29). The number of aromatic nitrogens is 2. The van der Waals surface area contributed by atoms with Gasteiger partial charge in [0, 0.05) is 17.6 Å². The first kappa shape index (κ1) is 22.1. The zero-order valence-electron chi connectivity index (χ0n) is 18.6. The van der Waals surface area contributed by atoms with Crippen molar-refractivity contribution in [2.75, 3.05) is 11.1 Å². The van der Waals surface area contributed by atoms with Crippen molar-refractivity contribution in [3.05, 3.63) is 64.4 Å². The zero-order valence-corrected chi connectivity index (χ0v) is 19.4. The lowest BCUT2D eigenvalue weighted by Gasteiger charge is -2.13. The Bertz CT molecular complexity index is 1310. The Morgan fingerprint density at radius 2 is 1.91 bits per heavy atom. The number of rotatable bonds is 8. The molecule has 4 aromatic rings. The summed E-state index contributed by atoms with van der Waals surface area (Å²) in [5, 5.41) is 4.25. The normalized spacial score (nSPS) is 11.5. The minimum absolute atomic E-state index is 0.138. The molecular weight excluding hydrogens is 422 g/mol. The number of furan rings is 1. The number of anilines is 1. The van der Waals surface area contributed by atoms with E-state index < -0.39 is 0 Å². The van der Waals surface area contributed by atoms with Crippen molar-refractivity contribution in [3.8, 4) is 0 Å². The Morgan fingerprint density at radius 1 is 1.16 bits per heavy atom. The Labute approximate surface area is 191 Å². The summed E-state index contributed by atoms with van der Waals surface area (Å²) in [6, 6.07) is 15.3. The van der Waals surface area contributed by atoms with Gasteiger partial charge in [0.15, 0.2) is 5.16 Å². The smallest absolute Gasteiger partial charge is 0.297 e. The van der Waals surface area contributed by atoms with Crippen LogP contribution in [0, 0.1) is 5.92 Å². The fraction of sp³-hybridized carbons (Fsp3) is 0.320. The van der Waals surface area contributed by atoms with E-state index in [1.165, 1.54) is 17.3 Å². The third-order valence-corrected chi connectivity index (χ3v) is 6.33. The number of carbonyl (C=O) groups excluding carboxylic acids is 1. The largest absolute Gasteiger partial charge is 0.448 e. The molecule has 32 heavy (non-hydrogen) atoms. The molecule has 1 N–H and O–H groups in total. The summed E-state index contributed by atoms with van der Waals surface area (Å²) in [7, 11) is 0. The highest BCUT2D eigenvalue weighted by atomic mass is 32.2. The van der Waals surface area contributed by atoms with E-state index in [4.69, 9.17) is 9.40 Å². The van der Waals surface area contributed by atoms with Crippen LogP contribution in [0.5, 0.6) is 0 Å². The average molecular weight is 450 g/mol. The molecule has 0 bridgehead atoms. The molecule has 2 aromatic heterocycles. The number of hydrogen-bond donors (Lipinski definition) is 1. The van der Waals surface area contributed by atoms with E-state index in [1.807, 2.05) is 48.5 Å². The molecule has 0 fully saturated rings. The van der Waals surface area contributed by atoms with Crippen molar-refractivity contribution < 1.29 is 9.21 Å². The summed E-state index contributed by atoms with van der Waals surface area (Å²) in [5.74, 6) is 0.451. The number of benzene rings is 2. The lowest BCUT2D eigenvalue weighted by atomic mass is 10.1. The van der Waals surface area contributed by atoms with Gasteiger partial charge in [0.1, 0.15) is 11.1 Å². The Hall–Kier alpha value is -3.06. The molecule has 0 saturated heterocycles. The maximum absolute atomic E-state index is 13.2. The summed E-state index contributed by atoms with van der Waals surface area (Å²) >= 11 is 1.27. The molecule has 6 nitrogen and oxygen atoms in total. The number of nitrogens with one attached hydrogen (secondary N) is 1. The predicted molar refractivity (Wildman–Crippen MR) is 130 cm³/mol. The van der Waals surface area contributed by atoms with Crippen molar-refractivity contribution in [1.82, 2.24) is 9.55 Å². The first-order valence-electron chi connectivity index (χ1n) is 10.9. The minimum Gasteiger partial charge on any atom is -0.448 e. The molecule has 0 atom stereocenters. The molecule has 0 unspecified atom stereocenters. The van der Waals surface area contributed by atoms with Crippen molar-refractivity contribution in [2.24, 2.45) is 5.92 Å². The van der Waals surface area contributed by atoms with Gasteiger partial charge in [-0.1, -0.05) is 56.8 Å². The summed E-state index contributed by atoms with van der Waals surface area (Å²) in [5.41, 5.74) is 3.22. The second kappa shape index (κ2) is 9.61. The van der Waals surface area contributed by atoms with Crippen molar-refractivity contribution >= 4 is 45.4 Å². The lowest BCUT2D eigenvalue weighted by molar-refractivity contribution is -0.113. The van der Waals surface area contributed by atoms with E-state index >= 15 is 0 Å². The molecule has 0 aliphatic carbocycles. The van der Waals surface area contributed by atoms with E-state index in [2.05, 4.69) is 26.1 Å². The van der Waals surface area contributed by atoms with Gasteiger partial charge in [0.05, 0.1) is 5.75 Å². The number of thioether (sulfide) groups is 1. The van der Waals surface area contributed by atoms with Crippen LogP contribution in [0.1, 0.15) is 32.8 Å². The summed E-state index contributed by atoms with van der Waals surface area (Å²) in [6.45, 7) is 6.85. The van der Waals surface area contributed by atoms with Gasteiger partial charge < -0.3 is 9.73 Å². The quantitative estimate of drug-likeness (QED) is 0.285. The topological polar surface area (TPSA) is 77.1 Å². The Kier molecular flexibility index (Phi) is 6.65. The van der Waals surface area contributed by atoms with Gasteiger partial charge in [-0.15, -0.1) is 0 Å². The highest BCUT2D eigenvalue weighted by Gasteiger charge is 2.18. The van der Waals surface area contributed by atoms with Crippen molar-refractivity contribution in [2.45, 2.75) is 45.3 Å². The van der Waals surface area contributed by atoms with Gasteiger partial charge in [-0.2, -0.15) is 0 Å². The summed E-state index contributed by atoms with van der Waals surface area (Å²) in [6.07, 6.45) is 1.78. The number of amides is 1. The summed E-state index contributed by atoms with van der Waals surface area (Å²) < 4.78 is 7.46. The van der Waals surface area contributed by atoms with Crippen LogP contribution < -0.4 is 10.9 Å². The SMILES string of the molecule is CCc1ccc(NC(=O)CSc2nc3c(oc4ccccc43)c(=O)n2CCC(C)C)cc1. The average Bonchev–Trinajstić information content (AvgIpc) is 3.16. The molecule has 0 aliphatic rings. The monoisotopic (exact) mass is 449 g/mol. The van der Waals surface area contributed by atoms with E-state index in [9.17, 15) is 9.59 Å². The lowest BCUT2D eigenvalue weighted by Crippen LogP contribution is -2.24. The third kappa shape index (κ3) is 4.72. The van der Waals surface area contributed by atoms with Gasteiger partial charge in [0.25, 0.3) is 5.56 Å². The van der Waals surface area contributed by atoms with Crippen LogP contribution in [0.3, 0.4) is 0 Å². The zero-order chi connectivity index (χ0) is 22.7. The molecule has 4 rings (SSSR count). The molecule has 1 amide bonds. The van der Waals surface area contributed by atoms with E-state index in [0.717, 1.165) is 23.9 Å². The second-order valence-electron chi connectivity index (χ2n) is 8.20. The number of fused-ring (bicyclic) bond motifs is 3. The fourth-order valence-corrected chi connectivity index (χ4v) is 4.32. The van der Waals surface area contributed by atoms with E-state index in [0.29, 0.717) is 28.7 Å². The number of para-hydroxylation sites is 1. The van der Waals surface area contributed by atoms with Crippen molar-refractivity contribution in [1.29, 1.82) is 0 Å². The van der Waals surface area contributed by atoms with Gasteiger partial charge in [-0.25, -0.2) is 4.98 Å². The van der Waals surface area contributed by atoms with Crippen LogP contribution in [-0.2, 0) is 17.8 Å². The molecule has 0 spiro atoms. The molecule has 7 heteroatoms. The second-order valence-corrected chi connectivity index (χ2v) is 9.14. The highest BCUT2D eigenvalue weighted by molar-refractivity contribution is 7.99. The van der Waals surface area contributed by atoms with Crippen molar-refractivity contribution in [3.63, 3.8) is 0 Å². The van der Waals surface area contributed by atoms with E-state index in [1.54, 1.807) is 4.57 Å².